The molecule has 2 amide bonds. The highest BCUT2D eigenvalue weighted by Crippen LogP contribution is 2.00. The van der Waals surface area contributed by atoms with Crippen LogP contribution in [0.2, 0.25) is 0 Å². The minimum atomic E-state index is -1.14. The summed E-state index contributed by atoms with van der Waals surface area (Å²) >= 11 is 0. The van der Waals surface area contributed by atoms with Gasteiger partial charge >= 0.3 is 5.97 Å². The van der Waals surface area contributed by atoms with Gasteiger partial charge in [0.25, 0.3) is 0 Å². The lowest BCUT2D eigenvalue weighted by Gasteiger charge is -2.18. The monoisotopic (exact) mass is 261 g/mol. The number of carbonyl (C=O) groups is 3. The number of carboxylic acids is 1. The molecule has 6 N–H and O–H groups in total. The maximum Gasteiger partial charge on any atom is 0.326 e. The highest BCUT2D eigenvalue weighted by atomic mass is 16.4. The van der Waals surface area contributed by atoms with Crippen molar-refractivity contribution in [1.82, 2.24) is 10.6 Å². The maximum atomic E-state index is 11.4. The zero-order valence-corrected chi connectivity index (χ0v) is 10.3. The molecule has 0 radical (unpaired) electrons. The fraction of sp³-hybridized carbons (Fsp3) is 0.700. The van der Waals surface area contributed by atoms with E-state index in [1.165, 1.54) is 0 Å². The minimum Gasteiger partial charge on any atom is -0.480 e. The number of hydrogen-bond acceptors (Lipinski definition) is 5. The maximum absolute atomic E-state index is 11.4. The second-order valence-electron chi connectivity index (χ2n) is 4.13. The highest BCUT2D eigenvalue weighted by Gasteiger charge is 2.23. The average molecular weight is 261 g/mol. The molecule has 8 nitrogen and oxygen atoms in total. The molecule has 0 rings (SSSR count). The molecule has 0 aromatic heterocycles. The van der Waals surface area contributed by atoms with E-state index in [0.717, 1.165) is 0 Å². The van der Waals surface area contributed by atoms with Crippen LogP contribution in [-0.2, 0) is 14.4 Å². The first-order chi connectivity index (χ1) is 8.29. The molecule has 104 valence electrons. The fourth-order valence-corrected chi connectivity index (χ4v) is 1.12. The number of nitrogens with two attached hydrogens (primary N) is 1. The van der Waals surface area contributed by atoms with Crippen LogP contribution in [0.3, 0.4) is 0 Å². The zero-order chi connectivity index (χ0) is 14.3. The predicted molar refractivity (Wildman–Crippen MR) is 62.5 cm³/mol. The van der Waals surface area contributed by atoms with Crippen LogP contribution in [0.4, 0.5) is 0 Å². The second-order valence-corrected chi connectivity index (χ2v) is 4.13. The largest absolute Gasteiger partial charge is 0.480 e. The van der Waals surface area contributed by atoms with Crippen molar-refractivity contribution in [3.05, 3.63) is 0 Å². The summed E-state index contributed by atoms with van der Waals surface area (Å²) in [5.74, 6) is -2.72. The van der Waals surface area contributed by atoms with E-state index in [1.54, 1.807) is 13.8 Å². The topological polar surface area (TPSA) is 142 Å². The molecule has 0 aliphatic heterocycles. The number of aliphatic hydroxyl groups excluding tert-OH is 1. The molecule has 0 heterocycles. The van der Waals surface area contributed by atoms with E-state index in [2.05, 4.69) is 10.6 Å². The molecule has 0 spiro atoms. The molecule has 2 atom stereocenters. The Kier molecular flexibility index (Phi) is 6.91. The van der Waals surface area contributed by atoms with Crippen LogP contribution in [-0.4, -0.2) is 53.2 Å². The van der Waals surface area contributed by atoms with E-state index in [4.69, 9.17) is 15.9 Å². The van der Waals surface area contributed by atoms with Gasteiger partial charge in [-0.3, -0.25) is 9.59 Å². The number of carboxylic acid groups (broad SMARTS) is 1. The van der Waals surface area contributed by atoms with E-state index >= 15 is 0 Å². The standard InChI is InChI=1S/C10H19N3O5/c1-5(2)8(10(17)18)13-7(15)3-12-9(16)6(11)4-14/h5-6,8,14H,3-4,11H2,1-2H3,(H,12,16)(H,13,15)(H,17,18)/t6-,8-/m0/s1. The van der Waals surface area contributed by atoms with Gasteiger partial charge in [-0.15, -0.1) is 0 Å². The SMILES string of the molecule is CC(C)[C@H](NC(=O)CNC(=O)[C@@H](N)CO)C(=O)O. The first-order valence-electron chi connectivity index (χ1n) is 5.45. The Balaban J connectivity index is 4.19. The van der Waals surface area contributed by atoms with Crippen LogP contribution in [0.15, 0.2) is 0 Å². The lowest BCUT2D eigenvalue weighted by atomic mass is 10.1. The summed E-state index contributed by atoms with van der Waals surface area (Å²) in [6, 6.07) is -2.11. The molecular weight excluding hydrogens is 242 g/mol. The summed E-state index contributed by atoms with van der Waals surface area (Å²) in [6.07, 6.45) is 0. The van der Waals surface area contributed by atoms with Crippen LogP contribution in [0.5, 0.6) is 0 Å². The van der Waals surface area contributed by atoms with E-state index in [0.29, 0.717) is 0 Å². The number of amides is 2. The Bertz CT molecular complexity index is 319. The van der Waals surface area contributed by atoms with Crippen molar-refractivity contribution in [3.63, 3.8) is 0 Å². The third-order valence-electron chi connectivity index (χ3n) is 2.21. The van der Waals surface area contributed by atoms with Gasteiger partial charge in [-0.25, -0.2) is 4.79 Å². The van der Waals surface area contributed by atoms with Crippen molar-refractivity contribution < 1.29 is 24.6 Å². The Morgan fingerprint density at radius 2 is 1.83 bits per heavy atom. The molecule has 0 unspecified atom stereocenters. The van der Waals surface area contributed by atoms with Crippen molar-refractivity contribution in [2.24, 2.45) is 11.7 Å². The number of hydrogen-bond donors (Lipinski definition) is 5. The quantitative estimate of drug-likeness (QED) is 0.347. The summed E-state index contributed by atoms with van der Waals surface area (Å²) in [6.45, 7) is 2.39. The number of nitrogens with one attached hydrogen (secondary N) is 2. The summed E-state index contributed by atoms with van der Waals surface area (Å²) in [7, 11) is 0. The molecular formula is C10H19N3O5. The van der Waals surface area contributed by atoms with Crippen molar-refractivity contribution in [2.75, 3.05) is 13.2 Å². The summed E-state index contributed by atoms with van der Waals surface area (Å²) in [5.41, 5.74) is 5.21. The highest BCUT2D eigenvalue weighted by molar-refractivity contribution is 5.89. The first-order valence-corrected chi connectivity index (χ1v) is 5.45. The Morgan fingerprint density at radius 1 is 1.28 bits per heavy atom. The molecule has 0 saturated heterocycles. The van der Waals surface area contributed by atoms with E-state index in [9.17, 15) is 14.4 Å². The predicted octanol–water partition coefficient (Wildman–Crippen LogP) is -2.35. The van der Waals surface area contributed by atoms with Crippen LogP contribution < -0.4 is 16.4 Å². The number of aliphatic carboxylic acids is 1. The molecule has 18 heavy (non-hydrogen) atoms. The minimum absolute atomic E-state index is 0.276. The van der Waals surface area contributed by atoms with Crippen molar-refractivity contribution in [1.29, 1.82) is 0 Å². The van der Waals surface area contributed by atoms with E-state index in [1.807, 2.05) is 0 Å². The normalized spacial score (nSPS) is 13.8. The van der Waals surface area contributed by atoms with Crippen molar-refractivity contribution >= 4 is 17.8 Å². The van der Waals surface area contributed by atoms with Gasteiger partial charge in [0.1, 0.15) is 12.1 Å². The van der Waals surface area contributed by atoms with Crippen LogP contribution in [0.25, 0.3) is 0 Å². The molecule has 0 aromatic rings. The lowest BCUT2D eigenvalue weighted by Crippen LogP contribution is -2.50. The summed E-state index contributed by atoms with van der Waals surface area (Å²) < 4.78 is 0. The van der Waals surface area contributed by atoms with Gasteiger partial charge in [0.15, 0.2) is 0 Å². The third-order valence-corrected chi connectivity index (χ3v) is 2.21. The number of carbonyl (C=O) groups excluding carboxylic acids is 2. The van der Waals surface area contributed by atoms with Gasteiger partial charge in [0.05, 0.1) is 13.2 Å². The molecule has 0 aliphatic rings. The molecule has 8 heteroatoms. The first kappa shape index (κ1) is 16.3. The van der Waals surface area contributed by atoms with Crippen LogP contribution >= 0.6 is 0 Å². The molecule has 0 saturated carbocycles. The average Bonchev–Trinajstić information content (AvgIpc) is 2.30. The lowest BCUT2D eigenvalue weighted by molar-refractivity contribution is -0.143. The van der Waals surface area contributed by atoms with Crippen LogP contribution in [0.1, 0.15) is 13.8 Å². The Morgan fingerprint density at radius 3 is 2.22 bits per heavy atom. The van der Waals surface area contributed by atoms with Crippen molar-refractivity contribution in [2.45, 2.75) is 25.9 Å². The molecule has 0 bridgehead atoms. The number of aliphatic hydroxyl groups is 1. The molecule has 0 aliphatic carbocycles. The van der Waals surface area contributed by atoms with E-state index in [-0.39, 0.29) is 12.5 Å². The van der Waals surface area contributed by atoms with Gasteiger partial charge < -0.3 is 26.6 Å². The third kappa shape index (κ3) is 5.60. The smallest absolute Gasteiger partial charge is 0.326 e. The van der Waals surface area contributed by atoms with Crippen LogP contribution in [0, 0.1) is 5.92 Å². The fourth-order valence-electron chi connectivity index (χ4n) is 1.12. The van der Waals surface area contributed by atoms with Gasteiger partial charge in [-0.05, 0) is 5.92 Å². The van der Waals surface area contributed by atoms with Crippen molar-refractivity contribution in [3.8, 4) is 0 Å². The van der Waals surface area contributed by atoms with Gasteiger partial charge in [0.2, 0.25) is 11.8 Å². The van der Waals surface area contributed by atoms with Gasteiger partial charge in [0, 0.05) is 0 Å². The second kappa shape index (κ2) is 7.62. The zero-order valence-electron chi connectivity index (χ0n) is 10.3. The summed E-state index contributed by atoms with van der Waals surface area (Å²) in [4.78, 5) is 33.3. The van der Waals surface area contributed by atoms with E-state index < -0.39 is 36.5 Å². The number of rotatable bonds is 7. The van der Waals surface area contributed by atoms with Gasteiger partial charge in [-0.1, -0.05) is 13.8 Å². The van der Waals surface area contributed by atoms with Gasteiger partial charge in [-0.2, -0.15) is 0 Å². The Labute approximate surface area is 105 Å². The Hall–Kier alpha value is -1.67. The molecule has 0 aromatic carbocycles. The molecule has 0 fully saturated rings. The summed E-state index contributed by atoms with van der Waals surface area (Å²) in [5, 5.41) is 21.9.